The molecule has 2 aliphatic rings. The second kappa shape index (κ2) is 12.3. The van der Waals surface area contributed by atoms with Gasteiger partial charge in [-0.2, -0.15) is 4.31 Å². The number of rotatable bonds is 5. The molecule has 0 spiro atoms. The van der Waals surface area contributed by atoms with Crippen LogP contribution in [0.4, 0.5) is 4.79 Å². The molecule has 7 heteroatoms. The van der Waals surface area contributed by atoms with Crippen LogP contribution in [0.5, 0.6) is 0 Å². The van der Waals surface area contributed by atoms with E-state index in [0.29, 0.717) is 24.5 Å². The number of benzene rings is 1. The Balaban J connectivity index is 0.00000225. The van der Waals surface area contributed by atoms with Crippen LogP contribution in [0.1, 0.15) is 56.9 Å². The molecule has 0 bridgehead atoms. The molecule has 1 aliphatic heterocycles. The van der Waals surface area contributed by atoms with Crippen LogP contribution in [0.3, 0.4) is 0 Å². The summed E-state index contributed by atoms with van der Waals surface area (Å²) in [5, 5.41) is 5.96. The van der Waals surface area contributed by atoms with Crippen molar-refractivity contribution in [3.05, 3.63) is 50.7 Å². The summed E-state index contributed by atoms with van der Waals surface area (Å²) in [6.45, 7) is 3.34. The van der Waals surface area contributed by atoms with Gasteiger partial charge in [0, 0.05) is 19.6 Å². The summed E-state index contributed by atoms with van der Waals surface area (Å²) in [6.07, 6.45) is 8.76. The fourth-order valence-corrected chi connectivity index (χ4v) is 5.64. The molecule has 1 aromatic carbocycles. The molecular weight excluding hydrogens is 398 g/mol. The zero-order valence-electron chi connectivity index (χ0n) is 18.2. The van der Waals surface area contributed by atoms with Crippen LogP contribution in [0, 0.1) is 33.7 Å². The van der Waals surface area contributed by atoms with Crippen molar-refractivity contribution < 1.29 is 13.2 Å². The van der Waals surface area contributed by atoms with Crippen molar-refractivity contribution in [1.82, 2.24) is 14.9 Å². The number of hydrogen-bond acceptors (Lipinski definition) is 3. The first-order chi connectivity index (χ1) is 13.4. The molecule has 2 fully saturated rings. The quantitative estimate of drug-likeness (QED) is 0.728. The van der Waals surface area contributed by atoms with Gasteiger partial charge in [-0.15, -0.1) is 0 Å². The Morgan fingerprint density at radius 1 is 1.10 bits per heavy atom. The molecule has 2 amide bonds. The van der Waals surface area contributed by atoms with Crippen LogP contribution in [0.15, 0.2) is 29.2 Å². The third-order valence-corrected chi connectivity index (χ3v) is 7.54. The van der Waals surface area contributed by atoms with Gasteiger partial charge in [0.1, 0.15) is 0 Å². The van der Waals surface area contributed by atoms with Crippen LogP contribution in [0.2, 0.25) is 0 Å². The van der Waals surface area contributed by atoms with E-state index in [4.69, 9.17) is 0 Å². The highest BCUT2D eigenvalue weighted by atomic mass is 32.2. The second-order valence-corrected chi connectivity index (χ2v) is 9.98. The Morgan fingerprint density at radius 2 is 1.77 bits per heavy atom. The minimum Gasteiger partial charge on any atom is -0.338 e. The molecule has 1 aliphatic carbocycles. The van der Waals surface area contributed by atoms with Gasteiger partial charge < -0.3 is 10.6 Å². The van der Waals surface area contributed by atoms with Gasteiger partial charge in [-0.05, 0) is 49.8 Å². The lowest BCUT2D eigenvalue weighted by atomic mass is 9.97. The number of aryl methyl sites for hydroxylation is 1. The number of sulfonamides is 1. The van der Waals surface area contributed by atoms with Crippen LogP contribution >= 0.6 is 0 Å². The van der Waals surface area contributed by atoms with Crippen LogP contribution < -0.4 is 10.6 Å². The molecule has 1 aromatic rings. The van der Waals surface area contributed by atoms with Crippen molar-refractivity contribution in [1.29, 1.82) is 0 Å². The smallest absolute Gasteiger partial charge is 0.315 e. The largest absolute Gasteiger partial charge is 0.338 e. The second-order valence-electron chi connectivity index (χ2n) is 8.04. The molecule has 1 saturated carbocycles. The molecule has 1 atom stereocenters. The van der Waals surface area contributed by atoms with E-state index in [1.54, 1.807) is 18.2 Å². The number of carbonyl (C=O) groups excluding carboxylic acids is 1. The summed E-state index contributed by atoms with van der Waals surface area (Å²) in [6, 6.07) is 7.99. The van der Waals surface area contributed by atoms with Crippen LogP contribution in [0.25, 0.3) is 0 Å². The first kappa shape index (κ1) is 26.4. The molecule has 30 heavy (non-hydrogen) atoms. The van der Waals surface area contributed by atoms with E-state index in [-0.39, 0.29) is 26.8 Å². The van der Waals surface area contributed by atoms with Gasteiger partial charge in [0.15, 0.2) is 0 Å². The summed E-state index contributed by atoms with van der Waals surface area (Å²) in [5.74, 6) is 0.146. The number of nitrogens with zero attached hydrogens (tertiary/aromatic N) is 1. The molecule has 0 aromatic heterocycles. The molecule has 1 heterocycles. The summed E-state index contributed by atoms with van der Waals surface area (Å²) >= 11 is 0. The van der Waals surface area contributed by atoms with E-state index < -0.39 is 10.0 Å². The zero-order chi connectivity index (χ0) is 20.0. The van der Waals surface area contributed by atoms with Crippen molar-refractivity contribution in [3.63, 3.8) is 0 Å². The molecule has 2 N–H and O–H groups in total. The maximum Gasteiger partial charge on any atom is 0.315 e. The summed E-state index contributed by atoms with van der Waals surface area (Å²) in [7, 11) is -3.46. The van der Waals surface area contributed by atoms with E-state index in [0.717, 1.165) is 43.7 Å². The van der Waals surface area contributed by atoms with Gasteiger partial charge in [-0.25, -0.2) is 13.2 Å². The third kappa shape index (κ3) is 7.27. The lowest BCUT2D eigenvalue weighted by Gasteiger charge is -2.21. The minimum atomic E-state index is -3.46. The van der Waals surface area contributed by atoms with Gasteiger partial charge in [0.2, 0.25) is 10.0 Å². The molecule has 5 radical (unpaired) electrons. The van der Waals surface area contributed by atoms with Crippen LogP contribution in [-0.2, 0) is 10.0 Å². The van der Waals surface area contributed by atoms with E-state index in [2.05, 4.69) is 10.6 Å². The Bertz CT molecular complexity index is 759. The van der Waals surface area contributed by atoms with Gasteiger partial charge in [-0.3, -0.25) is 0 Å². The van der Waals surface area contributed by atoms with Crippen molar-refractivity contribution in [2.24, 2.45) is 5.92 Å². The Morgan fingerprint density at radius 3 is 2.43 bits per heavy atom. The normalized spacial score (nSPS) is 20.9. The van der Waals surface area contributed by atoms with Crippen molar-refractivity contribution in [3.8, 4) is 0 Å². The molecule has 167 valence electrons. The molecule has 1 saturated heterocycles. The van der Waals surface area contributed by atoms with E-state index in [9.17, 15) is 13.2 Å². The van der Waals surface area contributed by atoms with Crippen molar-refractivity contribution in [2.45, 2.75) is 63.2 Å². The van der Waals surface area contributed by atoms with Gasteiger partial charge >= 0.3 is 6.03 Å². The van der Waals surface area contributed by atoms with Crippen molar-refractivity contribution >= 4 is 16.1 Å². The van der Waals surface area contributed by atoms with Gasteiger partial charge in [0.05, 0.1) is 10.9 Å². The average molecular weight is 435 g/mol. The number of amides is 2. The molecule has 6 nitrogen and oxygen atoms in total. The number of urea groups is 1. The first-order valence-corrected chi connectivity index (χ1v) is 11.9. The Hall–Kier alpha value is -1.60. The van der Waals surface area contributed by atoms with Crippen molar-refractivity contribution in [2.75, 3.05) is 19.6 Å². The predicted octanol–water partition coefficient (Wildman–Crippen LogP) is 4.24. The van der Waals surface area contributed by atoms with Crippen LogP contribution in [-0.4, -0.2) is 38.4 Å². The number of carbonyl (C=O) groups is 1. The minimum absolute atomic E-state index is 0. The first-order valence-electron chi connectivity index (χ1n) is 10.4. The SMILES string of the molecule is Cc1cccc(S(=O)(=O)N2CCC(CNC(=O)N[C]3CCCCCCC3)C2)c1.[CH2].[CH2]. The van der Waals surface area contributed by atoms with E-state index in [1.807, 2.05) is 13.0 Å². The molecule has 1 unspecified atom stereocenters. The van der Waals surface area contributed by atoms with Gasteiger partial charge in [-0.1, -0.05) is 59.1 Å². The zero-order valence-corrected chi connectivity index (χ0v) is 19.0. The summed E-state index contributed by atoms with van der Waals surface area (Å²) < 4.78 is 27.2. The maximum atomic E-state index is 12.8. The monoisotopic (exact) mass is 434 g/mol. The van der Waals surface area contributed by atoms with E-state index >= 15 is 0 Å². The summed E-state index contributed by atoms with van der Waals surface area (Å²) in [4.78, 5) is 12.6. The highest BCUT2D eigenvalue weighted by molar-refractivity contribution is 7.89. The topological polar surface area (TPSA) is 78.5 Å². The standard InChI is InChI=1S/C21H32N3O3S.2CH2/c1-17-8-7-11-20(14-17)28(26,27)24-13-12-18(16-24)15-22-21(25)23-19-9-5-3-2-4-6-10-19;;/h7-8,11,14,18H,2-6,9-10,12-13,15-16H2,1H3,(H2,22,23,25);2*1H2. The highest BCUT2D eigenvalue weighted by Crippen LogP contribution is 2.25. The Labute approximate surface area is 183 Å². The fraction of sp³-hybridized carbons (Fsp3) is 0.565. The lowest BCUT2D eigenvalue weighted by Crippen LogP contribution is -2.41. The average Bonchev–Trinajstić information content (AvgIpc) is 3.12. The fourth-order valence-electron chi connectivity index (χ4n) is 4.01. The predicted molar refractivity (Wildman–Crippen MR) is 121 cm³/mol. The highest BCUT2D eigenvalue weighted by Gasteiger charge is 2.32. The summed E-state index contributed by atoms with van der Waals surface area (Å²) in [5.41, 5.74) is 0.932. The number of hydrogen-bond donors (Lipinski definition) is 2. The van der Waals surface area contributed by atoms with Gasteiger partial charge in [0.25, 0.3) is 0 Å². The molecular formula is C23H36N3O3S. The number of nitrogens with one attached hydrogen (secondary N) is 2. The lowest BCUT2D eigenvalue weighted by molar-refractivity contribution is 0.238. The van der Waals surface area contributed by atoms with E-state index in [1.165, 1.54) is 23.6 Å². The third-order valence-electron chi connectivity index (χ3n) is 5.67. The maximum absolute atomic E-state index is 12.8. The Kier molecular flexibility index (Phi) is 10.8. The molecule has 3 rings (SSSR count).